The summed E-state index contributed by atoms with van der Waals surface area (Å²) in [6, 6.07) is 8.07. The molecule has 0 bridgehead atoms. The quantitative estimate of drug-likeness (QED) is 0.717. The summed E-state index contributed by atoms with van der Waals surface area (Å²) in [6.07, 6.45) is 1.89. The maximum absolute atomic E-state index is 11.9. The van der Waals surface area contributed by atoms with Crippen LogP contribution in [0.25, 0.3) is 11.4 Å². The number of thioether (sulfide) groups is 1. The van der Waals surface area contributed by atoms with Crippen molar-refractivity contribution < 1.29 is 4.79 Å². The third kappa shape index (κ3) is 4.84. The summed E-state index contributed by atoms with van der Waals surface area (Å²) in [5.41, 5.74) is 0.962. The molecular weight excluding hydrogens is 364 g/mol. The number of aromatic nitrogens is 3. The van der Waals surface area contributed by atoms with E-state index < -0.39 is 0 Å². The summed E-state index contributed by atoms with van der Waals surface area (Å²) in [7, 11) is 0. The molecule has 0 radical (unpaired) electrons. The first-order valence-electron chi connectivity index (χ1n) is 7.22. The van der Waals surface area contributed by atoms with Crippen molar-refractivity contribution in [2.24, 2.45) is 0 Å². The largest absolute Gasteiger partial charge is 0.353 e. The second-order valence-corrected chi connectivity index (χ2v) is 6.70. The molecule has 0 aliphatic heterocycles. The fourth-order valence-corrected chi connectivity index (χ4v) is 2.81. The zero-order valence-electron chi connectivity index (χ0n) is 12.6. The van der Waals surface area contributed by atoms with Crippen LogP contribution in [0.15, 0.2) is 33.9 Å². The number of hydrogen-bond donors (Lipinski definition) is 2. The first kappa shape index (κ1) is 17.0. The molecule has 22 heavy (non-hydrogen) atoms. The number of halogens is 1. The van der Waals surface area contributed by atoms with Gasteiger partial charge in [-0.15, -0.1) is 5.10 Å². The van der Waals surface area contributed by atoms with Gasteiger partial charge in [0, 0.05) is 16.1 Å². The van der Waals surface area contributed by atoms with Gasteiger partial charge in [0.05, 0.1) is 5.75 Å². The van der Waals surface area contributed by atoms with Gasteiger partial charge in [0.15, 0.2) is 5.82 Å². The molecule has 1 heterocycles. The Bertz CT molecular complexity index is 610. The van der Waals surface area contributed by atoms with Crippen LogP contribution in [-0.2, 0) is 4.79 Å². The minimum atomic E-state index is 0.0219. The van der Waals surface area contributed by atoms with E-state index >= 15 is 0 Å². The number of carbonyl (C=O) groups is 1. The molecule has 0 aliphatic rings. The normalized spacial score (nSPS) is 10.9. The van der Waals surface area contributed by atoms with E-state index in [1.807, 2.05) is 24.3 Å². The van der Waals surface area contributed by atoms with Gasteiger partial charge in [-0.3, -0.25) is 9.89 Å². The average Bonchev–Trinajstić information content (AvgIpc) is 3.00. The smallest absolute Gasteiger partial charge is 0.230 e. The van der Waals surface area contributed by atoms with Crippen molar-refractivity contribution in [2.75, 3.05) is 5.75 Å². The van der Waals surface area contributed by atoms with Gasteiger partial charge in [-0.25, -0.2) is 4.98 Å². The van der Waals surface area contributed by atoms with Crippen LogP contribution in [0, 0.1) is 0 Å². The highest BCUT2D eigenvalue weighted by Gasteiger charge is 2.11. The lowest BCUT2D eigenvalue weighted by Crippen LogP contribution is -2.35. The second kappa shape index (κ2) is 8.33. The lowest BCUT2D eigenvalue weighted by Gasteiger charge is -2.13. The molecule has 2 rings (SSSR count). The fraction of sp³-hybridized carbons (Fsp3) is 0.400. The van der Waals surface area contributed by atoms with Crippen molar-refractivity contribution in [1.29, 1.82) is 0 Å². The van der Waals surface area contributed by atoms with Crippen molar-refractivity contribution in [2.45, 2.75) is 37.9 Å². The number of benzene rings is 1. The summed E-state index contributed by atoms with van der Waals surface area (Å²) < 4.78 is 1.02. The highest BCUT2D eigenvalue weighted by molar-refractivity contribution is 9.10. The summed E-state index contributed by atoms with van der Waals surface area (Å²) in [6.45, 7) is 4.14. The molecule has 0 atom stereocenters. The first-order chi connectivity index (χ1) is 10.6. The van der Waals surface area contributed by atoms with E-state index in [2.05, 4.69) is 50.3 Å². The van der Waals surface area contributed by atoms with E-state index in [1.54, 1.807) is 0 Å². The number of amides is 1. The Kier molecular flexibility index (Phi) is 6.45. The van der Waals surface area contributed by atoms with Crippen LogP contribution in [0.3, 0.4) is 0 Å². The van der Waals surface area contributed by atoms with E-state index in [4.69, 9.17) is 0 Å². The molecule has 1 amide bonds. The van der Waals surface area contributed by atoms with Crippen LogP contribution in [0.2, 0.25) is 0 Å². The Balaban J connectivity index is 1.89. The minimum Gasteiger partial charge on any atom is -0.353 e. The summed E-state index contributed by atoms with van der Waals surface area (Å²) in [5, 5.41) is 10.6. The Hall–Kier alpha value is -1.34. The number of H-pyrrole nitrogens is 1. The van der Waals surface area contributed by atoms with E-state index in [0.717, 1.165) is 22.9 Å². The van der Waals surface area contributed by atoms with Crippen molar-refractivity contribution in [3.8, 4) is 11.4 Å². The van der Waals surface area contributed by atoms with Gasteiger partial charge in [0.2, 0.25) is 11.1 Å². The Morgan fingerprint density at radius 3 is 2.64 bits per heavy atom. The highest BCUT2D eigenvalue weighted by atomic mass is 79.9. The van der Waals surface area contributed by atoms with Gasteiger partial charge in [-0.1, -0.05) is 53.7 Å². The van der Waals surface area contributed by atoms with Crippen LogP contribution >= 0.6 is 27.7 Å². The van der Waals surface area contributed by atoms with Gasteiger partial charge in [-0.2, -0.15) is 0 Å². The van der Waals surface area contributed by atoms with Gasteiger partial charge < -0.3 is 5.32 Å². The van der Waals surface area contributed by atoms with Crippen molar-refractivity contribution >= 4 is 33.6 Å². The molecule has 1 aromatic heterocycles. The molecule has 7 heteroatoms. The second-order valence-electron chi connectivity index (χ2n) is 4.84. The number of nitrogens with one attached hydrogen (secondary N) is 2. The predicted octanol–water partition coefficient (Wildman–Crippen LogP) is 3.63. The predicted molar refractivity (Wildman–Crippen MR) is 92.8 cm³/mol. The zero-order chi connectivity index (χ0) is 15.9. The molecule has 2 N–H and O–H groups in total. The van der Waals surface area contributed by atoms with Crippen LogP contribution < -0.4 is 5.32 Å². The molecule has 0 fully saturated rings. The van der Waals surface area contributed by atoms with Crippen molar-refractivity contribution in [3.63, 3.8) is 0 Å². The molecule has 1 aromatic carbocycles. The molecule has 5 nitrogen and oxygen atoms in total. The third-order valence-electron chi connectivity index (χ3n) is 3.27. The average molecular weight is 383 g/mol. The van der Waals surface area contributed by atoms with E-state index in [0.29, 0.717) is 16.7 Å². The molecular formula is C15H19BrN4OS. The summed E-state index contributed by atoms with van der Waals surface area (Å²) >= 11 is 4.74. The van der Waals surface area contributed by atoms with Crippen LogP contribution in [0.4, 0.5) is 0 Å². The lowest BCUT2D eigenvalue weighted by molar-refractivity contribution is -0.119. The van der Waals surface area contributed by atoms with Crippen molar-refractivity contribution in [1.82, 2.24) is 20.5 Å². The Morgan fingerprint density at radius 2 is 2.00 bits per heavy atom. The lowest BCUT2D eigenvalue weighted by atomic mass is 10.2. The topological polar surface area (TPSA) is 70.7 Å². The molecule has 0 spiro atoms. The third-order valence-corrected chi connectivity index (χ3v) is 4.64. The number of nitrogens with zero attached hydrogens (tertiary/aromatic N) is 2. The number of hydrogen-bond acceptors (Lipinski definition) is 4. The molecule has 2 aromatic rings. The Morgan fingerprint density at radius 1 is 1.32 bits per heavy atom. The maximum atomic E-state index is 11.9. The first-order valence-corrected chi connectivity index (χ1v) is 9.00. The highest BCUT2D eigenvalue weighted by Crippen LogP contribution is 2.21. The molecule has 118 valence electrons. The van der Waals surface area contributed by atoms with E-state index in [1.165, 1.54) is 11.8 Å². The summed E-state index contributed by atoms with van der Waals surface area (Å²) in [5.74, 6) is 1.05. The number of carbonyl (C=O) groups excluding carboxylic acids is 1. The van der Waals surface area contributed by atoms with Crippen LogP contribution in [-0.4, -0.2) is 32.9 Å². The van der Waals surface area contributed by atoms with Gasteiger partial charge in [0.25, 0.3) is 0 Å². The van der Waals surface area contributed by atoms with Crippen LogP contribution in [0.5, 0.6) is 0 Å². The van der Waals surface area contributed by atoms with Gasteiger partial charge in [-0.05, 0) is 25.0 Å². The maximum Gasteiger partial charge on any atom is 0.230 e. The van der Waals surface area contributed by atoms with E-state index in [9.17, 15) is 4.79 Å². The summed E-state index contributed by atoms with van der Waals surface area (Å²) in [4.78, 5) is 16.3. The zero-order valence-corrected chi connectivity index (χ0v) is 15.0. The number of rotatable bonds is 7. The minimum absolute atomic E-state index is 0.0219. The van der Waals surface area contributed by atoms with Crippen LogP contribution in [0.1, 0.15) is 26.7 Å². The Labute approximate surface area is 142 Å². The fourth-order valence-electron chi connectivity index (χ4n) is 1.94. The molecule has 0 unspecified atom stereocenters. The number of aromatic amines is 1. The standard InChI is InChI=1S/C15H19BrN4OS/c1-3-12(4-2)17-13(21)9-22-15-18-14(19-20-15)10-5-7-11(16)8-6-10/h5-8,12H,3-4,9H2,1-2H3,(H,17,21)(H,18,19,20). The SMILES string of the molecule is CCC(CC)NC(=O)CSc1n[nH]c(-c2ccc(Br)cc2)n1. The van der Waals surface area contributed by atoms with E-state index in [-0.39, 0.29) is 11.9 Å². The molecule has 0 saturated carbocycles. The van der Waals surface area contributed by atoms with Crippen molar-refractivity contribution in [3.05, 3.63) is 28.7 Å². The molecule has 0 saturated heterocycles. The van der Waals surface area contributed by atoms with Gasteiger partial charge in [0.1, 0.15) is 0 Å². The monoisotopic (exact) mass is 382 g/mol. The van der Waals surface area contributed by atoms with Gasteiger partial charge >= 0.3 is 0 Å². The molecule has 0 aliphatic carbocycles.